The number of amides is 2. The SMILES string of the molecule is O=C(NC1CCCC1)NC(CO)C(=O)O. The third-order valence-corrected chi connectivity index (χ3v) is 2.48. The average Bonchev–Trinajstić information content (AvgIpc) is 2.66. The van der Waals surface area contributed by atoms with Crippen LogP contribution in [0.15, 0.2) is 0 Å². The van der Waals surface area contributed by atoms with Gasteiger partial charge in [-0.25, -0.2) is 9.59 Å². The fourth-order valence-corrected chi connectivity index (χ4v) is 1.64. The van der Waals surface area contributed by atoms with Gasteiger partial charge in [0.15, 0.2) is 6.04 Å². The standard InChI is InChI=1S/C9H16N2O4/c12-5-7(8(13)14)11-9(15)10-6-3-1-2-4-6/h6-7,12H,1-5H2,(H,13,14)(H2,10,11,15). The predicted octanol–water partition coefficient (Wildman–Crippen LogP) is -0.326. The number of rotatable bonds is 4. The maximum absolute atomic E-state index is 11.3. The van der Waals surface area contributed by atoms with E-state index in [0.29, 0.717) is 0 Å². The largest absolute Gasteiger partial charge is 0.480 e. The second kappa shape index (κ2) is 5.55. The molecule has 0 spiro atoms. The first kappa shape index (κ1) is 11.8. The van der Waals surface area contributed by atoms with Crippen molar-refractivity contribution in [3.63, 3.8) is 0 Å². The van der Waals surface area contributed by atoms with Gasteiger partial charge in [0.05, 0.1) is 6.61 Å². The molecule has 0 aromatic heterocycles. The summed E-state index contributed by atoms with van der Waals surface area (Å²) in [7, 11) is 0. The van der Waals surface area contributed by atoms with E-state index in [-0.39, 0.29) is 6.04 Å². The first-order valence-corrected chi connectivity index (χ1v) is 5.04. The number of nitrogens with one attached hydrogen (secondary N) is 2. The van der Waals surface area contributed by atoms with Crippen LogP contribution in [0.5, 0.6) is 0 Å². The van der Waals surface area contributed by atoms with E-state index in [2.05, 4.69) is 10.6 Å². The van der Waals surface area contributed by atoms with Crippen LogP contribution in [-0.2, 0) is 4.79 Å². The lowest BCUT2D eigenvalue weighted by atomic mass is 10.2. The Morgan fingerprint density at radius 1 is 1.33 bits per heavy atom. The molecule has 86 valence electrons. The summed E-state index contributed by atoms with van der Waals surface area (Å²) in [5, 5.41) is 22.1. The van der Waals surface area contributed by atoms with Crippen molar-refractivity contribution < 1.29 is 19.8 Å². The maximum atomic E-state index is 11.3. The summed E-state index contributed by atoms with van der Waals surface area (Å²) in [4.78, 5) is 21.8. The van der Waals surface area contributed by atoms with Crippen LogP contribution in [0.1, 0.15) is 25.7 Å². The summed E-state index contributed by atoms with van der Waals surface area (Å²) in [5.74, 6) is -1.24. The summed E-state index contributed by atoms with van der Waals surface area (Å²) < 4.78 is 0. The molecule has 0 aromatic rings. The van der Waals surface area contributed by atoms with E-state index in [1.54, 1.807) is 0 Å². The van der Waals surface area contributed by atoms with Crippen LogP contribution in [0.25, 0.3) is 0 Å². The smallest absolute Gasteiger partial charge is 0.328 e. The molecule has 15 heavy (non-hydrogen) atoms. The van der Waals surface area contributed by atoms with E-state index < -0.39 is 24.6 Å². The molecule has 0 saturated heterocycles. The van der Waals surface area contributed by atoms with E-state index in [4.69, 9.17) is 10.2 Å². The zero-order valence-corrected chi connectivity index (χ0v) is 8.40. The Labute approximate surface area is 87.7 Å². The molecule has 0 aliphatic heterocycles. The molecule has 2 amide bonds. The topological polar surface area (TPSA) is 98.7 Å². The number of hydrogen-bond acceptors (Lipinski definition) is 3. The number of urea groups is 1. The molecule has 0 heterocycles. The fraction of sp³-hybridized carbons (Fsp3) is 0.778. The van der Waals surface area contributed by atoms with E-state index in [1.165, 1.54) is 0 Å². The lowest BCUT2D eigenvalue weighted by Gasteiger charge is -2.16. The third kappa shape index (κ3) is 3.75. The van der Waals surface area contributed by atoms with Gasteiger partial charge in [-0.15, -0.1) is 0 Å². The lowest BCUT2D eigenvalue weighted by molar-refractivity contribution is -0.140. The Morgan fingerprint density at radius 3 is 2.40 bits per heavy atom. The number of aliphatic hydroxyl groups excluding tert-OH is 1. The van der Waals surface area contributed by atoms with Gasteiger partial charge < -0.3 is 20.8 Å². The molecule has 1 atom stereocenters. The van der Waals surface area contributed by atoms with Gasteiger partial charge in [-0.2, -0.15) is 0 Å². The normalized spacial score (nSPS) is 18.5. The molecular formula is C9H16N2O4. The minimum atomic E-state index is -1.24. The summed E-state index contributed by atoms with van der Waals surface area (Å²) in [6.07, 6.45) is 4.05. The van der Waals surface area contributed by atoms with Gasteiger partial charge >= 0.3 is 12.0 Å². The Balaban J connectivity index is 2.30. The molecule has 6 heteroatoms. The van der Waals surface area contributed by atoms with Crippen LogP contribution in [0, 0.1) is 0 Å². The Morgan fingerprint density at radius 2 is 1.93 bits per heavy atom. The highest BCUT2D eigenvalue weighted by Gasteiger charge is 2.21. The van der Waals surface area contributed by atoms with Crippen LogP contribution < -0.4 is 10.6 Å². The molecule has 1 rings (SSSR count). The second-order valence-electron chi connectivity index (χ2n) is 3.67. The second-order valence-corrected chi connectivity index (χ2v) is 3.67. The number of carbonyl (C=O) groups is 2. The number of carboxylic acid groups (broad SMARTS) is 1. The van der Waals surface area contributed by atoms with Crippen molar-refractivity contribution in [2.24, 2.45) is 0 Å². The number of carboxylic acids is 1. The molecule has 1 aliphatic rings. The molecule has 1 aliphatic carbocycles. The van der Waals surface area contributed by atoms with Gasteiger partial charge in [-0.05, 0) is 12.8 Å². The van der Waals surface area contributed by atoms with Crippen molar-refractivity contribution in [2.75, 3.05) is 6.61 Å². The lowest BCUT2D eigenvalue weighted by Crippen LogP contribution is -2.49. The number of aliphatic hydroxyl groups is 1. The van der Waals surface area contributed by atoms with Crippen molar-refractivity contribution in [3.05, 3.63) is 0 Å². The zero-order valence-electron chi connectivity index (χ0n) is 8.40. The van der Waals surface area contributed by atoms with Crippen molar-refractivity contribution >= 4 is 12.0 Å². The summed E-state index contributed by atoms with van der Waals surface area (Å²) >= 11 is 0. The van der Waals surface area contributed by atoms with Gasteiger partial charge in [0.1, 0.15) is 0 Å². The fourth-order valence-electron chi connectivity index (χ4n) is 1.64. The summed E-state index contributed by atoms with van der Waals surface area (Å²) in [6, 6.07) is -1.62. The number of aliphatic carboxylic acids is 1. The average molecular weight is 216 g/mol. The van der Waals surface area contributed by atoms with Crippen LogP contribution in [0.3, 0.4) is 0 Å². The minimum Gasteiger partial charge on any atom is -0.480 e. The van der Waals surface area contributed by atoms with Gasteiger partial charge in [-0.3, -0.25) is 0 Å². The Kier molecular flexibility index (Phi) is 4.36. The van der Waals surface area contributed by atoms with E-state index in [0.717, 1.165) is 25.7 Å². The van der Waals surface area contributed by atoms with Crippen LogP contribution in [-0.4, -0.2) is 40.9 Å². The summed E-state index contributed by atoms with van der Waals surface area (Å²) in [5.41, 5.74) is 0. The van der Waals surface area contributed by atoms with E-state index >= 15 is 0 Å². The quantitative estimate of drug-likeness (QED) is 0.517. The molecular weight excluding hydrogens is 200 g/mol. The van der Waals surface area contributed by atoms with E-state index in [9.17, 15) is 9.59 Å². The Bertz CT molecular complexity index is 238. The minimum absolute atomic E-state index is 0.137. The van der Waals surface area contributed by atoms with Crippen molar-refractivity contribution in [3.8, 4) is 0 Å². The van der Waals surface area contributed by atoms with Crippen molar-refractivity contribution in [2.45, 2.75) is 37.8 Å². The molecule has 1 unspecified atom stereocenters. The van der Waals surface area contributed by atoms with Gasteiger partial charge in [-0.1, -0.05) is 12.8 Å². The molecule has 0 aromatic carbocycles. The molecule has 4 N–H and O–H groups in total. The van der Waals surface area contributed by atoms with Crippen LogP contribution in [0.2, 0.25) is 0 Å². The first-order valence-electron chi connectivity index (χ1n) is 5.04. The predicted molar refractivity (Wildman–Crippen MR) is 52.4 cm³/mol. The number of hydrogen-bond donors (Lipinski definition) is 4. The van der Waals surface area contributed by atoms with Crippen LogP contribution in [0.4, 0.5) is 4.79 Å². The maximum Gasteiger partial charge on any atom is 0.328 e. The first-order chi connectivity index (χ1) is 7.13. The highest BCUT2D eigenvalue weighted by Crippen LogP contribution is 2.17. The van der Waals surface area contributed by atoms with Crippen molar-refractivity contribution in [1.82, 2.24) is 10.6 Å². The molecule has 0 bridgehead atoms. The highest BCUT2D eigenvalue weighted by molar-refractivity contribution is 5.82. The molecule has 1 fully saturated rings. The molecule has 1 saturated carbocycles. The highest BCUT2D eigenvalue weighted by atomic mass is 16.4. The van der Waals surface area contributed by atoms with Crippen LogP contribution >= 0.6 is 0 Å². The Hall–Kier alpha value is -1.30. The zero-order chi connectivity index (χ0) is 11.3. The number of carbonyl (C=O) groups excluding carboxylic acids is 1. The molecule has 0 radical (unpaired) electrons. The van der Waals surface area contributed by atoms with Gasteiger partial charge in [0.25, 0.3) is 0 Å². The van der Waals surface area contributed by atoms with Crippen molar-refractivity contribution in [1.29, 1.82) is 0 Å². The van der Waals surface area contributed by atoms with E-state index in [1.807, 2.05) is 0 Å². The molecule has 6 nitrogen and oxygen atoms in total. The van der Waals surface area contributed by atoms with Gasteiger partial charge in [0, 0.05) is 6.04 Å². The monoisotopic (exact) mass is 216 g/mol. The third-order valence-electron chi connectivity index (χ3n) is 2.48. The summed E-state index contributed by atoms with van der Waals surface area (Å²) in [6.45, 7) is -0.604. The van der Waals surface area contributed by atoms with Gasteiger partial charge in [0.2, 0.25) is 0 Å².